The lowest BCUT2D eigenvalue weighted by Gasteiger charge is -2.05. The zero-order chi connectivity index (χ0) is 7.40. The summed E-state index contributed by atoms with van der Waals surface area (Å²) in [5.74, 6) is 0. The van der Waals surface area contributed by atoms with Gasteiger partial charge in [0.2, 0.25) is 0 Å². The third kappa shape index (κ3) is 1.49. The third-order valence-electron chi connectivity index (χ3n) is 1.22. The fourth-order valence-electron chi connectivity index (χ4n) is 0.600. The van der Waals surface area contributed by atoms with Crippen molar-refractivity contribution in [3.8, 4) is 0 Å². The van der Waals surface area contributed by atoms with Crippen LogP contribution < -0.4 is 5.48 Å². The molecule has 54 valence electrons. The van der Waals surface area contributed by atoms with E-state index >= 15 is 0 Å². The summed E-state index contributed by atoms with van der Waals surface area (Å²) in [4.78, 5) is 7.80. The topological polar surface area (TPSA) is 58.0 Å². The van der Waals surface area contributed by atoms with Crippen LogP contribution in [0.25, 0.3) is 0 Å². The first-order valence-electron chi connectivity index (χ1n) is 3.00. The van der Waals surface area contributed by atoms with Crippen LogP contribution in [-0.2, 0) is 0 Å². The van der Waals surface area contributed by atoms with Gasteiger partial charge in [-0.05, 0) is 6.92 Å². The van der Waals surface area contributed by atoms with E-state index in [1.165, 1.54) is 0 Å². The Morgan fingerprint density at radius 3 is 2.90 bits per heavy atom. The number of nitrogens with zero attached hydrogens (tertiary/aromatic N) is 2. The molecule has 0 bridgehead atoms. The van der Waals surface area contributed by atoms with Crippen molar-refractivity contribution >= 4 is 0 Å². The molecule has 0 aliphatic rings. The molecule has 0 unspecified atom stereocenters. The molecule has 2 N–H and O–H groups in total. The van der Waals surface area contributed by atoms with Crippen molar-refractivity contribution in [3.05, 3.63) is 24.3 Å². The first-order chi connectivity index (χ1) is 4.84. The minimum absolute atomic E-state index is 0.159. The Bertz CT molecular complexity index is 189. The fraction of sp³-hybridized carbons (Fsp3) is 0.333. The number of hydroxylamine groups is 1. The average Bonchev–Trinajstić information content (AvgIpc) is 2.05. The molecule has 0 aliphatic carbocycles. The highest BCUT2D eigenvalue weighted by atomic mass is 16.5. The van der Waals surface area contributed by atoms with E-state index in [-0.39, 0.29) is 6.04 Å². The van der Waals surface area contributed by atoms with Gasteiger partial charge in [-0.25, -0.2) is 0 Å². The van der Waals surface area contributed by atoms with Crippen molar-refractivity contribution in [2.75, 3.05) is 0 Å². The van der Waals surface area contributed by atoms with Gasteiger partial charge in [0.15, 0.2) is 0 Å². The van der Waals surface area contributed by atoms with Crippen molar-refractivity contribution in [2.24, 2.45) is 0 Å². The van der Waals surface area contributed by atoms with E-state index in [0.717, 1.165) is 5.69 Å². The van der Waals surface area contributed by atoms with Crippen LogP contribution in [0, 0.1) is 0 Å². The molecule has 0 aromatic carbocycles. The second-order valence-corrected chi connectivity index (χ2v) is 1.98. The molecule has 1 aromatic heterocycles. The van der Waals surface area contributed by atoms with Crippen LogP contribution >= 0.6 is 0 Å². The molecule has 0 amide bonds. The molecular formula is C6H9N3O. The Kier molecular flexibility index (Phi) is 2.30. The van der Waals surface area contributed by atoms with Gasteiger partial charge >= 0.3 is 0 Å². The summed E-state index contributed by atoms with van der Waals surface area (Å²) in [5.41, 5.74) is 2.81. The van der Waals surface area contributed by atoms with Crippen molar-refractivity contribution in [3.63, 3.8) is 0 Å². The Hall–Kier alpha value is -1.00. The van der Waals surface area contributed by atoms with E-state index in [1.807, 2.05) is 0 Å². The fourth-order valence-corrected chi connectivity index (χ4v) is 0.600. The highest BCUT2D eigenvalue weighted by Crippen LogP contribution is 2.03. The normalized spacial score (nSPS) is 13.0. The molecule has 0 fully saturated rings. The minimum atomic E-state index is -0.159. The zero-order valence-corrected chi connectivity index (χ0v) is 5.65. The second kappa shape index (κ2) is 3.24. The maximum atomic E-state index is 8.47. The van der Waals surface area contributed by atoms with Crippen LogP contribution in [0.5, 0.6) is 0 Å². The molecule has 1 atom stereocenters. The number of nitrogens with one attached hydrogen (secondary N) is 1. The summed E-state index contributed by atoms with van der Waals surface area (Å²) in [6, 6.07) is -0.159. The molecule has 10 heavy (non-hydrogen) atoms. The van der Waals surface area contributed by atoms with E-state index < -0.39 is 0 Å². The van der Waals surface area contributed by atoms with E-state index in [1.54, 1.807) is 25.5 Å². The minimum Gasteiger partial charge on any atom is -0.316 e. The van der Waals surface area contributed by atoms with Gasteiger partial charge in [-0.3, -0.25) is 9.97 Å². The van der Waals surface area contributed by atoms with Crippen molar-refractivity contribution in [1.82, 2.24) is 15.4 Å². The molecule has 4 heteroatoms. The van der Waals surface area contributed by atoms with Crippen molar-refractivity contribution in [1.29, 1.82) is 0 Å². The van der Waals surface area contributed by atoms with Gasteiger partial charge in [0.25, 0.3) is 0 Å². The molecule has 1 heterocycles. The van der Waals surface area contributed by atoms with Gasteiger partial charge in [-0.2, -0.15) is 5.48 Å². The Labute approximate surface area is 58.9 Å². The van der Waals surface area contributed by atoms with Crippen LogP contribution in [0.3, 0.4) is 0 Å². The molecule has 0 aliphatic heterocycles. The molecular weight excluding hydrogens is 130 g/mol. The summed E-state index contributed by atoms with van der Waals surface area (Å²) in [6.07, 6.45) is 4.78. The van der Waals surface area contributed by atoms with E-state index in [0.29, 0.717) is 0 Å². The number of rotatable bonds is 2. The van der Waals surface area contributed by atoms with Crippen LogP contribution in [0.2, 0.25) is 0 Å². The summed E-state index contributed by atoms with van der Waals surface area (Å²) in [7, 11) is 0. The molecule has 0 saturated heterocycles. The molecule has 0 saturated carbocycles. The Balaban J connectivity index is 2.75. The summed E-state index contributed by atoms with van der Waals surface area (Å²) >= 11 is 0. The van der Waals surface area contributed by atoms with Crippen LogP contribution in [0.4, 0.5) is 0 Å². The maximum absolute atomic E-state index is 8.47. The SMILES string of the molecule is C[C@H](NO)c1cnccn1. The summed E-state index contributed by atoms with van der Waals surface area (Å²) in [6.45, 7) is 1.80. The van der Waals surface area contributed by atoms with E-state index in [4.69, 9.17) is 5.21 Å². The average molecular weight is 139 g/mol. The number of aromatic nitrogens is 2. The quantitative estimate of drug-likeness (QED) is 0.586. The lowest BCUT2D eigenvalue weighted by molar-refractivity contribution is 0.131. The molecule has 1 aromatic rings. The highest BCUT2D eigenvalue weighted by Gasteiger charge is 2.02. The molecule has 1 rings (SSSR count). The van der Waals surface area contributed by atoms with Crippen molar-refractivity contribution < 1.29 is 5.21 Å². The van der Waals surface area contributed by atoms with E-state index in [9.17, 15) is 0 Å². The predicted molar refractivity (Wildman–Crippen MR) is 35.4 cm³/mol. The first-order valence-corrected chi connectivity index (χ1v) is 3.00. The van der Waals surface area contributed by atoms with Crippen molar-refractivity contribution in [2.45, 2.75) is 13.0 Å². The van der Waals surface area contributed by atoms with Gasteiger partial charge in [-0.15, -0.1) is 0 Å². The maximum Gasteiger partial charge on any atom is 0.0776 e. The molecule has 4 nitrogen and oxygen atoms in total. The summed E-state index contributed by atoms with van der Waals surface area (Å²) < 4.78 is 0. The van der Waals surface area contributed by atoms with Gasteiger partial charge < -0.3 is 5.21 Å². The van der Waals surface area contributed by atoms with Crippen LogP contribution in [0.15, 0.2) is 18.6 Å². The first kappa shape index (κ1) is 7.11. The standard InChI is InChI=1S/C6H9N3O/c1-5(9-10)6-4-7-2-3-8-6/h2-5,9-10H,1H3/t5-/m0/s1. The van der Waals surface area contributed by atoms with Crippen LogP contribution in [-0.4, -0.2) is 15.2 Å². The predicted octanol–water partition coefficient (Wildman–Crippen LogP) is 0.516. The second-order valence-electron chi connectivity index (χ2n) is 1.98. The van der Waals surface area contributed by atoms with Gasteiger partial charge in [0.05, 0.1) is 17.9 Å². The monoisotopic (exact) mass is 139 g/mol. The Morgan fingerprint density at radius 2 is 2.40 bits per heavy atom. The third-order valence-corrected chi connectivity index (χ3v) is 1.22. The lowest BCUT2D eigenvalue weighted by Crippen LogP contribution is -2.14. The zero-order valence-electron chi connectivity index (χ0n) is 5.65. The molecule has 0 spiro atoms. The smallest absolute Gasteiger partial charge is 0.0776 e. The molecule has 0 radical (unpaired) electrons. The number of hydrogen-bond donors (Lipinski definition) is 2. The highest BCUT2D eigenvalue weighted by molar-refractivity contribution is 4.99. The van der Waals surface area contributed by atoms with Gasteiger partial charge in [0.1, 0.15) is 0 Å². The largest absolute Gasteiger partial charge is 0.316 e. The van der Waals surface area contributed by atoms with E-state index in [2.05, 4.69) is 15.4 Å². The van der Waals surface area contributed by atoms with Gasteiger partial charge in [0, 0.05) is 12.4 Å². The summed E-state index contributed by atoms with van der Waals surface area (Å²) in [5, 5.41) is 8.47. The lowest BCUT2D eigenvalue weighted by atomic mass is 10.3. The number of hydrogen-bond acceptors (Lipinski definition) is 4. The van der Waals surface area contributed by atoms with Crippen LogP contribution in [0.1, 0.15) is 18.7 Å². The Morgan fingerprint density at radius 1 is 1.60 bits per heavy atom. The van der Waals surface area contributed by atoms with Gasteiger partial charge in [-0.1, -0.05) is 0 Å².